The minimum atomic E-state index is -0.293. The van der Waals surface area contributed by atoms with Gasteiger partial charge in [-0.2, -0.15) is 5.48 Å². The molecule has 1 unspecified atom stereocenters. The highest BCUT2D eigenvalue weighted by Gasteiger charge is 2.33. The molecule has 0 aromatic heterocycles. The molecule has 2 N–H and O–H groups in total. The number of hydrogen-bond donors (Lipinski definition) is 2. The Hall–Kier alpha value is -4.11. The first-order valence-electron chi connectivity index (χ1n) is 16.8. The van der Waals surface area contributed by atoms with Crippen LogP contribution in [0.25, 0.3) is 11.1 Å². The van der Waals surface area contributed by atoms with Crippen molar-refractivity contribution in [2.24, 2.45) is 5.92 Å². The molecule has 1 aliphatic heterocycles. The Morgan fingerprint density at radius 3 is 2.31 bits per heavy atom. The maximum absolute atomic E-state index is 13.4. The van der Waals surface area contributed by atoms with Crippen molar-refractivity contribution in [2.45, 2.75) is 69.0 Å². The number of nitrogens with one attached hydrogen (secondary N) is 1. The molecule has 1 atom stereocenters. The molecule has 0 amide bonds. The van der Waals surface area contributed by atoms with E-state index < -0.39 is 0 Å². The highest BCUT2D eigenvalue weighted by Crippen LogP contribution is 2.32. The van der Waals surface area contributed by atoms with Gasteiger partial charge in [0, 0.05) is 18.0 Å². The molecule has 8 heteroatoms. The number of hydrogen-bond acceptors (Lipinski definition) is 7. The Kier molecular flexibility index (Phi) is 13.5. The van der Waals surface area contributed by atoms with Crippen LogP contribution in [0.15, 0.2) is 102 Å². The molecular weight excluding hydrogens is 621 g/mol. The van der Waals surface area contributed by atoms with Crippen molar-refractivity contribution < 1.29 is 24.3 Å². The van der Waals surface area contributed by atoms with Gasteiger partial charge >= 0.3 is 5.97 Å². The summed E-state index contributed by atoms with van der Waals surface area (Å²) in [5, 5.41) is 6.89. The van der Waals surface area contributed by atoms with Crippen LogP contribution in [0.3, 0.4) is 0 Å². The van der Waals surface area contributed by atoms with Gasteiger partial charge in [0.25, 0.3) is 6.47 Å². The smallest absolute Gasteiger partial charge is 0.342 e. The van der Waals surface area contributed by atoms with Crippen molar-refractivity contribution in [3.05, 3.63) is 119 Å². The number of thioether (sulfide) groups is 1. The molecule has 4 aromatic rings. The Morgan fingerprint density at radius 1 is 0.917 bits per heavy atom. The van der Waals surface area contributed by atoms with Gasteiger partial charge in [-0.25, -0.2) is 4.79 Å². The largest absolute Gasteiger partial charge is 0.489 e. The van der Waals surface area contributed by atoms with E-state index in [2.05, 4.69) is 102 Å². The van der Waals surface area contributed by atoms with Crippen LogP contribution in [0, 0.1) is 5.92 Å². The number of hydroxylamine groups is 1. The summed E-state index contributed by atoms with van der Waals surface area (Å²) in [6.45, 7) is 2.50. The van der Waals surface area contributed by atoms with E-state index in [0.717, 1.165) is 43.2 Å². The quantitative estimate of drug-likeness (QED) is 0.0644. The van der Waals surface area contributed by atoms with Crippen molar-refractivity contribution in [3.63, 3.8) is 0 Å². The van der Waals surface area contributed by atoms with Crippen molar-refractivity contribution >= 4 is 24.2 Å². The lowest BCUT2D eigenvalue weighted by atomic mass is 9.92. The van der Waals surface area contributed by atoms with Gasteiger partial charge in [-0.05, 0) is 95.6 Å². The molecule has 2 aliphatic rings. The van der Waals surface area contributed by atoms with E-state index in [9.17, 15) is 4.79 Å². The Labute approximate surface area is 288 Å². The van der Waals surface area contributed by atoms with E-state index >= 15 is 0 Å². The predicted molar refractivity (Wildman–Crippen MR) is 192 cm³/mol. The summed E-state index contributed by atoms with van der Waals surface area (Å²) in [5.74, 6) is 1.44. The zero-order valence-electron chi connectivity index (χ0n) is 27.7. The van der Waals surface area contributed by atoms with Gasteiger partial charge in [0.2, 0.25) is 0 Å². The van der Waals surface area contributed by atoms with Gasteiger partial charge in [0.05, 0.1) is 0 Å². The van der Waals surface area contributed by atoms with Crippen LogP contribution in [0.2, 0.25) is 0 Å². The molecule has 48 heavy (non-hydrogen) atoms. The number of carbonyl (C=O) groups excluding carboxylic acids is 1. The zero-order chi connectivity index (χ0) is 33.6. The van der Waals surface area contributed by atoms with E-state index in [-0.39, 0.29) is 18.5 Å². The minimum absolute atomic E-state index is 0.194. The van der Waals surface area contributed by atoms with Crippen molar-refractivity contribution in [1.82, 2.24) is 10.4 Å². The molecule has 1 heterocycles. The summed E-state index contributed by atoms with van der Waals surface area (Å²) in [4.78, 5) is 31.1. The second kappa shape index (κ2) is 18.4. The van der Waals surface area contributed by atoms with E-state index in [1.54, 1.807) is 11.8 Å². The average molecular weight is 667 g/mol. The third kappa shape index (κ3) is 10.2. The van der Waals surface area contributed by atoms with Gasteiger partial charge in [0.15, 0.2) is 0 Å². The Bertz CT molecular complexity index is 1570. The summed E-state index contributed by atoms with van der Waals surface area (Å²) in [6.07, 6.45) is 9.94. The lowest BCUT2D eigenvalue weighted by Gasteiger charge is -2.36. The van der Waals surface area contributed by atoms with Crippen LogP contribution in [-0.2, 0) is 40.4 Å². The first-order valence-corrected chi connectivity index (χ1v) is 18.1. The SMILES string of the molecule is CSc1ccc(COc2ccc3c(c2)CN(CCC2CCCC2)C(C(=O)ONCCc2ccc(-c4ccccc4)cc2)C3)cc1.O=CO. The normalized spacial score (nSPS) is 16.0. The number of fused-ring (bicyclic) bond motifs is 1. The molecular formula is C40H46N2O5S. The minimum Gasteiger partial charge on any atom is -0.489 e. The summed E-state index contributed by atoms with van der Waals surface area (Å²) in [6, 6.07) is 33.5. The molecule has 6 rings (SSSR count). The molecule has 0 spiro atoms. The van der Waals surface area contributed by atoms with Gasteiger partial charge < -0.3 is 14.7 Å². The fourth-order valence-corrected chi connectivity index (χ4v) is 7.00. The highest BCUT2D eigenvalue weighted by atomic mass is 32.2. The van der Waals surface area contributed by atoms with Crippen LogP contribution in [0.1, 0.15) is 54.4 Å². The summed E-state index contributed by atoms with van der Waals surface area (Å²) < 4.78 is 6.19. The van der Waals surface area contributed by atoms with Gasteiger partial charge in [-0.3, -0.25) is 9.69 Å². The number of carbonyl (C=O) groups is 2. The maximum atomic E-state index is 13.4. The van der Waals surface area contributed by atoms with Crippen LogP contribution >= 0.6 is 11.8 Å². The Balaban J connectivity index is 0.00000145. The highest BCUT2D eigenvalue weighted by molar-refractivity contribution is 7.98. The standard InChI is InChI=1S/C39H44N2O3S.CH2O2/c1-45-37-19-13-31(14-20-37)28-43-36-18-17-34-26-38(41(27-35(34)25-36)24-22-29-7-5-6-8-29)39(42)44-40-23-21-30-11-15-33(16-12-30)32-9-3-2-4-10-32;2-1-3/h2-4,9-20,25,29,38,40H,5-8,21-24,26-28H2,1H3;1H,(H,2,3). The molecule has 0 radical (unpaired) electrons. The molecule has 7 nitrogen and oxygen atoms in total. The van der Waals surface area contributed by atoms with Crippen LogP contribution in [-0.4, -0.2) is 47.8 Å². The monoisotopic (exact) mass is 666 g/mol. The van der Waals surface area contributed by atoms with E-state index in [4.69, 9.17) is 19.5 Å². The number of rotatable bonds is 13. The third-order valence-corrected chi connectivity index (χ3v) is 10.0. The van der Waals surface area contributed by atoms with Crippen molar-refractivity contribution in [1.29, 1.82) is 0 Å². The summed E-state index contributed by atoms with van der Waals surface area (Å²) in [5.41, 5.74) is 10.2. The van der Waals surface area contributed by atoms with Gasteiger partial charge in [-0.1, -0.05) is 98.5 Å². The first-order chi connectivity index (χ1) is 23.6. The fraction of sp³-hybridized carbons (Fsp3) is 0.350. The summed E-state index contributed by atoms with van der Waals surface area (Å²) >= 11 is 1.74. The predicted octanol–water partition coefficient (Wildman–Crippen LogP) is 7.95. The van der Waals surface area contributed by atoms with E-state index in [1.165, 1.54) is 58.4 Å². The van der Waals surface area contributed by atoms with Gasteiger partial charge in [0.1, 0.15) is 18.4 Å². The zero-order valence-corrected chi connectivity index (χ0v) is 28.5. The second-order valence-electron chi connectivity index (χ2n) is 12.4. The molecule has 4 aromatic carbocycles. The van der Waals surface area contributed by atoms with E-state index in [1.807, 2.05) is 12.1 Å². The number of carboxylic acid groups (broad SMARTS) is 1. The number of nitrogens with zero attached hydrogens (tertiary/aromatic N) is 1. The van der Waals surface area contributed by atoms with Crippen molar-refractivity contribution in [2.75, 3.05) is 19.3 Å². The molecule has 252 valence electrons. The third-order valence-electron chi connectivity index (χ3n) is 9.29. The van der Waals surface area contributed by atoms with Crippen molar-refractivity contribution in [3.8, 4) is 16.9 Å². The molecule has 0 saturated heterocycles. The average Bonchev–Trinajstić information content (AvgIpc) is 3.66. The lowest BCUT2D eigenvalue weighted by Crippen LogP contribution is -2.48. The van der Waals surface area contributed by atoms with E-state index in [0.29, 0.717) is 19.6 Å². The van der Waals surface area contributed by atoms with Crippen LogP contribution in [0.5, 0.6) is 5.75 Å². The molecule has 0 bridgehead atoms. The molecule has 1 saturated carbocycles. The summed E-state index contributed by atoms with van der Waals surface area (Å²) in [7, 11) is 0. The van der Waals surface area contributed by atoms with Crippen LogP contribution in [0.4, 0.5) is 0 Å². The number of benzene rings is 4. The lowest BCUT2D eigenvalue weighted by molar-refractivity contribution is -0.158. The molecule has 1 fully saturated rings. The first kappa shape index (κ1) is 35.2. The fourth-order valence-electron chi connectivity index (χ4n) is 6.59. The maximum Gasteiger partial charge on any atom is 0.342 e. The number of ether oxygens (including phenoxy) is 1. The Morgan fingerprint density at radius 2 is 1.60 bits per heavy atom. The van der Waals surface area contributed by atoms with Crippen LogP contribution < -0.4 is 10.2 Å². The topological polar surface area (TPSA) is 88.1 Å². The second-order valence-corrected chi connectivity index (χ2v) is 13.3. The van der Waals surface area contributed by atoms with Gasteiger partial charge in [-0.15, -0.1) is 11.8 Å². The molecule has 1 aliphatic carbocycles.